The van der Waals surface area contributed by atoms with Crippen LogP contribution in [0.2, 0.25) is 5.02 Å². The summed E-state index contributed by atoms with van der Waals surface area (Å²) in [6.45, 7) is 3.44. The highest BCUT2D eigenvalue weighted by molar-refractivity contribution is 6.37. The summed E-state index contributed by atoms with van der Waals surface area (Å²) in [5.41, 5.74) is 0.797. The fourth-order valence-electron chi connectivity index (χ4n) is 4.59. The van der Waals surface area contributed by atoms with Crippen molar-refractivity contribution in [2.75, 3.05) is 32.1 Å². The zero-order valence-corrected chi connectivity index (χ0v) is 17.8. The minimum Gasteiger partial charge on any atom is -0.379 e. The maximum Gasteiger partial charge on any atom is 0.328 e. The van der Waals surface area contributed by atoms with Gasteiger partial charge in [0.15, 0.2) is 0 Å². The van der Waals surface area contributed by atoms with E-state index >= 15 is 0 Å². The van der Waals surface area contributed by atoms with Crippen molar-refractivity contribution in [1.82, 2.24) is 9.47 Å². The third kappa shape index (κ3) is 3.42. The molecule has 0 bridgehead atoms. The molecule has 1 aromatic heterocycles. The predicted octanol–water partition coefficient (Wildman–Crippen LogP) is 4.75. The van der Waals surface area contributed by atoms with Crippen molar-refractivity contribution >= 4 is 40.1 Å². The zero-order chi connectivity index (χ0) is 20.6. The molecule has 2 heterocycles. The molecule has 2 aliphatic rings. The first-order valence-corrected chi connectivity index (χ1v) is 10.8. The SMILES string of the molecule is CCN(C)C(=O)n1cc(NC(=O)C2(C3CCCCC3)COC2)c2c(Cl)cccc21. The Morgan fingerprint density at radius 3 is 2.62 bits per heavy atom. The summed E-state index contributed by atoms with van der Waals surface area (Å²) in [4.78, 5) is 27.8. The lowest BCUT2D eigenvalue weighted by Crippen LogP contribution is -2.56. The highest BCUT2D eigenvalue weighted by atomic mass is 35.5. The molecule has 2 aromatic rings. The Labute approximate surface area is 176 Å². The molecule has 7 heteroatoms. The van der Waals surface area contributed by atoms with Crippen LogP contribution in [0.4, 0.5) is 10.5 Å². The molecule has 1 aliphatic carbocycles. The van der Waals surface area contributed by atoms with Gasteiger partial charge in [-0.1, -0.05) is 36.9 Å². The van der Waals surface area contributed by atoms with Crippen molar-refractivity contribution in [2.45, 2.75) is 39.0 Å². The van der Waals surface area contributed by atoms with Crippen LogP contribution in [-0.2, 0) is 9.53 Å². The molecule has 0 unspecified atom stereocenters. The molecule has 29 heavy (non-hydrogen) atoms. The molecule has 1 N–H and O–H groups in total. The monoisotopic (exact) mass is 417 g/mol. The summed E-state index contributed by atoms with van der Waals surface area (Å²) in [7, 11) is 1.75. The standard InChI is InChI=1S/C22H28ClN3O3/c1-3-25(2)21(28)26-12-17(19-16(23)10-7-11-18(19)26)24-20(27)22(13-29-14-22)15-8-5-4-6-9-15/h7,10-12,15H,3-6,8-9,13-14H2,1-2H3,(H,24,27). The third-order valence-electron chi connectivity index (χ3n) is 6.59. The maximum atomic E-state index is 13.4. The van der Waals surface area contributed by atoms with Crippen LogP contribution in [0.3, 0.4) is 0 Å². The van der Waals surface area contributed by atoms with E-state index in [2.05, 4.69) is 5.32 Å². The molecule has 1 saturated carbocycles. The maximum absolute atomic E-state index is 13.4. The number of anilines is 1. The number of carbonyl (C=O) groups excluding carboxylic acids is 2. The molecule has 6 nitrogen and oxygen atoms in total. The van der Waals surface area contributed by atoms with E-state index in [0.717, 1.165) is 12.8 Å². The van der Waals surface area contributed by atoms with E-state index in [4.69, 9.17) is 16.3 Å². The molecule has 0 atom stereocenters. The third-order valence-corrected chi connectivity index (χ3v) is 6.91. The van der Waals surface area contributed by atoms with Gasteiger partial charge < -0.3 is 15.0 Å². The summed E-state index contributed by atoms with van der Waals surface area (Å²) in [5, 5.41) is 4.31. The number of amides is 2. The number of hydrogen-bond donors (Lipinski definition) is 1. The topological polar surface area (TPSA) is 63.6 Å². The van der Waals surface area contributed by atoms with Crippen LogP contribution in [0.15, 0.2) is 24.4 Å². The molecule has 1 saturated heterocycles. The van der Waals surface area contributed by atoms with Crippen LogP contribution in [0.5, 0.6) is 0 Å². The molecule has 0 radical (unpaired) electrons. The number of rotatable bonds is 4. The van der Waals surface area contributed by atoms with Gasteiger partial charge in [-0.3, -0.25) is 9.36 Å². The number of benzene rings is 1. The van der Waals surface area contributed by atoms with Gasteiger partial charge in [0.25, 0.3) is 0 Å². The van der Waals surface area contributed by atoms with Gasteiger partial charge in [-0.25, -0.2) is 4.79 Å². The number of carbonyl (C=O) groups is 2. The van der Waals surface area contributed by atoms with E-state index in [-0.39, 0.29) is 11.9 Å². The quantitative estimate of drug-likeness (QED) is 0.780. The van der Waals surface area contributed by atoms with Gasteiger partial charge in [-0.15, -0.1) is 0 Å². The zero-order valence-electron chi connectivity index (χ0n) is 17.0. The van der Waals surface area contributed by atoms with Gasteiger partial charge in [-0.05, 0) is 37.8 Å². The van der Waals surface area contributed by atoms with E-state index in [1.54, 1.807) is 28.8 Å². The number of fused-ring (bicyclic) bond motifs is 1. The van der Waals surface area contributed by atoms with Crippen LogP contribution in [-0.4, -0.2) is 48.2 Å². The van der Waals surface area contributed by atoms with Crippen molar-refractivity contribution in [3.05, 3.63) is 29.4 Å². The van der Waals surface area contributed by atoms with Crippen molar-refractivity contribution in [1.29, 1.82) is 0 Å². The van der Waals surface area contributed by atoms with Gasteiger partial charge >= 0.3 is 6.03 Å². The normalized spacial score (nSPS) is 19.0. The van der Waals surface area contributed by atoms with Crippen LogP contribution in [0.1, 0.15) is 39.0 Å². The van der Waals surface area contributed by atoms with Crippen molar-refractivity contribution in [3.8, 4) is 0 Å². The Morgan fingerprint density at radius 1 is 1.28 bits per heavy atom. The largest absolute Gasteiger partial charge is 0.379 e. The first kappa shape index (κ1) is 20.2. The van der Waals surface area contributed by atoms with Gasteiger partial charge in [0.05, 0.1) is 34.9 Å². The van der Waals surface area contributed by atoms with E-state index in [0.29, 0.717) is 47.3 Å². The summed E-state index contributed by atoms with van der Waals surface area (Å²) >= 11 is 6.47. The number of nitrogens with one attached hydrogen (secondary N) is 1. The second-order valence-corrected chi connectivity index (χ2v) is 8.69. The Balaban J connectivity index is 1.69. The highest BCUT2D eigenvalue weighted by Gasteiger charge is 2.51. The number of hydrogen-bond acceptors (Lipinski definition) is 3. The first-order valence-electron chi connectivity index (χ1n) is 10.4. The van der Waals surface area contributed by atoms with Crippen molar-refractivity contribution in [3.63, 3.8) is 0 Å². The summed E-state index contributed by atoms with van der Waals surface area (Å²) in [5.74, 6) is 0.326. The lowest BCUT2D eigenvalue weighted by Gasteiger charge is -2.47. The second-order valence-electron chi connectivity index (χ2n) is 8.28. The molecule has 156 valence electrons. The Morgan fingerprint density at radius 2 is 2.00 bits per heavy atom. The molecule has 2 amide bonds. The fourth-order valence-corrected chi connectivity index (χ4v) is 4.86. The minimum absolute atomic E-state index is 0.0223. The van der Waals surface area contributed by atoms with Gasteiger partial charge in [-0.2, -0.15) is 0 Å². The average molecular weight is 418 g/mol. The Bertz CT molecular complexity index is 929. The fraction of sp³-hybridized carbons (Fsp3) is 0.545. The molecule has 2 fully saturated rings. The Kier molecular flexibility index (Phi) is 5.58. The smallest absolute Gasteiger partial charge is 0.328 e. The number of ether oxygens (including phenoxy) is 1. The second kappa shape index (κ2) is 8.00. The summed E-state index contributed by atoms with van der Waals surface area (Å²) in [6, 6.07) is 5.28. The lowest BCUT2D eigenvalue weighted by atomic mass is 9.66. The molecule has 1 aromatic carbocycles. The number of halogens is 1. The van der Waals surface area contributed by atoms with E-state index < -0.39 is 5.41 Å². The van der Waals surface area contributed by atoms with Crippen LogP contribution >= 0.6 is 11.6 Å². The van der Waals surface area contributed by atoms with Crippen LogP contribution in [0, 0.1) is 11.3 Å². The van der Waals surface area contributed by atoms with Crippen molar-refractivity contribution < 1.29 is 14.3 Å². The number of nitrogens with zero attached hydrogens (tertiary/aromatic N) is 2. The molecular formula is C22H28ClN3O3. The summed E-state index contributed by atoms with van der Waals surface area (Å²) < 4.78 is 7.06. The Hall–Kier alpha value is -2.05. The average Bonchev–Trinajstić information content (AvgIpc) is 3.06. The van der Waals surface area contributed by atoms with Crippen LogP contribution < -0.4 is 5.32 Å². The van der Waals surface area contributed by atoms with Gasteiger partial charge in [0.1, 0.15) is 0 Å². The molecule has 4 rings (SSSR count). The minimum atomic E-state index is -0.472. The first-order chi connectivity index (χ1) is 14.0. The van der Waals surface area contributed by atoms with E-state index in [1.807, 2.05) is 19.1 Å². The van der Waals surface area contributed by atoms with E-state index in [9.17, 15) is 9.59 Å². The molecule has 1 aliphatic heterocycles. The van der Waals surface area contributed by atoms with E-state index in [1.165, 1.54) is 19.3 Å². The predicted molar refractivity (Wildman–Crippen MR) is 115 cm³/mol. The van der Waals surface area contributed by atoms with Crippen molar-refractivity contribution in [2.24, 2.45) is 11.3 Å². The van der Waals surface area contributed by atoms with Crippen LogP contribution in [0.25, 0.3) is 10.9 Å². The molecule has 0 spiro atoms. The molecular weight excluding hydrogens is 390 g/mol. The summed E-state index contributed by atoms with van der Waals surface area (Å²) in [6.07, 6.45) is 7.41. The van der Waals surface area contributed by atoms with Gasteiger partial charge in [0.2, 0.25) is 5.91 Å². The lowest BCUT2D eigenvalue weighted by molar-refractivity contribution is -0.172. The highest BCUT2D eigenvalue weighted by Crippen LogP contribution is 2.45. The van der Waals surface area contributed by atoms with Gasteiger partial charge in [0, 0.05) is 25.2 Å². The number of aromatic nitrogens is 1.